The zero-order valence-electron chi connectivity index (χ0n) is 9.53. The molecular weight excluding hydrogens is 261 g/mol. The summed E-state index contributed by atoms with van der Waals surface area (Å²) in [5.74, 6) is 0. The van der Waals surface area contributed by atoms with Gasteiger partial charge in [0.15, 0.2) is 0 Å². The molecule has 0 aliphatic carbocycles. The van der Waals surface area contributed by atoms with Gasteiger partial charge in [0.1, 0.15) is 5.01 Å². The minimum atomic E-state index is -4.34. The van der Waals surface area contributed by atoms with Crippen molar-refractivity contribution in [3.05, 3.63) is 40.9 Å². The quantitative estimate of drug-likeness (QED) is 0.901. The van der Waals surface area contributed by atoms with Gasteiger partial charge in [0.2, 0.25) is 0 Å². The first-order chi connectivity index (χ1) is 8.38. The molecule has 18 heavy (non-hydrogen) atoms. The highest BCUT2D eigenvalue weighted by Gasteiger charge is 2.30. The van der Waals surface area contributed by atoms with E-state index in [1.807, 2.05) is 6.92 Å². The highest BCUT2D eigenvalue weighted by Crippen LogP contribution is 2.34. The van der Waals surface area contributed by atoms with E-state index in [9.17, 15) is 13.2 Å². The van der Waals surface area contributed by atoms with Crippen LogP contribution >= 0.6 is 11.3 Å². The lowest BCUT2D eigenvalue weighted by Crippen LogP contribution is -2.04. The normalized spacial score (nSPS) is 13.6. The first kappa shape index (κ1) is 13.0. The molecule has 0 aliphatic rings. The van der Waals surface area contributed by atoms with E-state index < -0.39 is 11.7 Å². The van der Waals surface area contributed by atoms with E-state index in [-0.39, 0.29) is 6.04 Å². The molecule has 1 aromatic carbocycles. The summed E-state index contributed by atoms with van der Waals surface area (Å²) in [4.78, 5) is 4.95. The summed E-state index contributed by atoms with van der Waals surface area (Å²) in [5, 5.41) is 0.549. The SMILES string of the molecule is CC(N)c1cnc(-c2cccc(C(F)(F)F)c2)s1. The number of halogens is 3. The van der Waals surface area contributed by atoms with Gasteiger partial charge in [-0.1, -0.05) is 12.1 Å². The van der Waals surface area contributed by atoms with Crippen molar-refractivity contribution in [2.45, 2.75) is 19.1 Å². The van der Waals surface area contributed by atoms with Crippen molar-refractivity contribution in [3.63, 3.8) is 0 Å². The number of hydrogen-bond donors (Lipinski definition) is 1. The van der Waals surface area contributed by atoms with E-state index in [0.29, 0.717) is 10.6 Å². The van der Waals surface area contributed by atoms with Crippen LogP contribution in [-0.4, -0.2) is 4.98 Å². The average molecular weight is 272 g/mol. The number of nitrogens with two attached hydrogens (primary N) is 1. The molecular formula is C12H11F3N2S. The molecule has 0 spiro atoms. The first-order valence-corrected chi connectivity index (χ1v) is 6.08. The van der Waals surface area contributed by atoms with Crippen LogP contribution in [0.5, 0.6) is 0 Å². The highest BCUT2D eigenvalue weighted by molar-refractivity contribution is 7.15. The Labute approximate surface area is 106 Å². The molecule has 0 amide bonds. The molecule has 1 atom stereocenters. The third-order valence-corrected chi connectivity index (χ3v) is 3.66. The van der Waals surface area contributed by atoms with Crippen LogP contribution in [0, 0.1) is 0 Å². The third-order valence-electron chi connectivity index (χ3n) is 2.41. The molecule has 2 rings (SSSR count). The smallest absolute Gasteiger partial charge is 0.323 e. The molecule has 2 nitrogen and oxygen atoms in total. The Bertz CT molecular complexity index is 546. The van der Waals surface area contributed by atoms with E-state index in [0.717, 1.165) is 17.0 Å². The van der Waals surface area contributed by atoms with Gasteiger partial charge in [-0.2, -0.15) is 13.2 Å². The van der Waals surface area contributed by atoms with E-state index >= 15 is 0 Å². The molecule has 6 heteroatoms. The monoisotopic (exact) mass is 272 g/mol. The molecule has 1 heterocycles. The lowest BCUT2D eigenvalue weighted by molar-refractivity contribution is -0.137. The Morgan fingerprint density at radius 1 is 1.33 bits per heavy atom. The van der Waals surface area contributed by atoms with Gasteiger partial charge < -0.3 is 5.73 Å². The Kier molecular flexibility index (Phi) is 3.41. The number of aromatic nitrogens is 1. The van der Waals surface area contributed by atoms with Gasteiger partial charge in [-0.05, 0) is 19.1 Å². The molecule has 1 unspecified atom stereocenters. The average Bonchev–Trinajstić information content (AvgIpc) is 2.77. The molecule has 1 aromatic heterocycles. The van der Waals surface area contributed by atoms with E-state index in [1.165, 1.54) is 17.4 Å². The maximum absolute atomic E-state index is 12.6. The topological polar surface area (TPSA) is 38.9 Å². The summed E-state index contributed by atoms with van der Waals surface area (Å²) in [6, 6.07) is 4.97. The number of nitrogens with zero attached hydrogens (tertiary/aromatic N) is 1. The fourth-order valence-corrected chi connectivity index (χ4v) is 2.32. The van der Waals surface area contributed by atoms with Crippen molar-refractivity contribution < 1.29 is 13.2 Å². The second-order valence-corrected chi connectivity index (χ2v) is 5.00. The minimum Gasteiger partial charge on any atom is -0.323 e. The summed E-state index contributed by atoms with van der Waals surface area (Å²) < 4.78 is 37.7. The van der Waals surface area contributed by atoms with Crippen LogP contribution in [0.4, 0.5) is 13.2 Å². The van der Waals surface area contributed by atoms with Crippen LogP contribution in [-0.2, 0) is 6.18 Å². The van der Waals surface area contributed by atoms with Crippen molar-refractivity contribution >= 4 is 11.3 Å². The molecule has 0 bridgehead atoms. The zero-order valence-corrected chi connectivity index (χ0v) is 10.3. The standard InChI is InChI=1S/C12H11F3N2S/c1-7(16)10-6-17-11(18-10)8-3-2-4-9(5-8)12(13,14)15/h2-7H,16H2,1H3. The van der Waals surface area contributed by atoms with Crippen LogP contribution in [0.3, 0.4) is 0 Å². The molecule has 0 aliphatic heterocycles. The van der Waals surface area contributed by atoms with Crippen molar-refractivity contribution in [1.29, 1.82) is 0 Å². The predicted molar refractivity (Wildman–Crippen MR) is 65.2 cm³/mol. The number of thiazole rings is 1. The van der Waals surface area contributed by atoms with Gasteiger partial charge in [-0.15, -0.1) is 11.3 Å². The van der Waals surface area contributed by atoms with Crippen molar-refractivity contribution in [2.75, 3.05) is 0 Å². The van der Waals surface area contributed by atoms with E-state index in [2.05, 4.69) is 4.98 Å². The molecule has 0 saturated carbocycles. The zero-order chi connectivity index (χ0) is 13.3. The van der Waals surface area contributed by atoms with Crippen LogP contribution in [0.15, 0.2) is 30.5 Å². The summed E-state index contributed by atoms with van der Waals surface area (Å²) in [7, 11) is 0. The van der Waals surface area contributed by atoms with Crippen LogP contribution in [0.1, 0.15) is 23.4 Å². The third kappa shape index (κ3) is 2.70. The number of alkyl halides is 3. The number of hydrogen-bond acceptors (Lipinski definition) is 3. The molecule has 96 valence electrons. The first-order valence-electron chi connectivity index (χ1n) is 5.27. The van der Waals surface area contributed by atoms with E-state index in [1.54, 1.807) is 12.3 Å². The summed E-state index contributed by atoms with van der Waals surface area (Å²) >= 11 is 1.31. The van der Waals surface area contributed by atoms with Gasteiger partial charge in [-0.25, -0.2) is 4.98 Å². The summed E-state index contributed by atoms with van der Waals surface area (Å²) in [6.45, 7) is 1.81. The lowest BCUT2D eigenvalue weighted by Gasteiger charge is -2.07. The van der Waals surface area contributed by atoms with Crippen LogP contribution in [0.25, 0.3) is 10.6 Å². The highest BCUT2D eigenvalue weighted by atomic mass is 32.1. The van der Waals surface area contributed by atoms with Crippen LogP contribution in [0.2, 0.25) is 0 Å². The second-order valence-electron chi connectivity index (χ2n) is 3.94. The van der Waals surface area contributed by atoms with Crippen molar-refractivity contribution in [2.24, 2.45) is 5.73 Å². The van der Waals surface area contributed by atoms with Gasteiger partial charge in [0.25, 0.3) is 0 Å². The van der Waals surface area contributed by atoms with Crippen molar-refractivity contribution in [1.82, 2.24) is 4.98 Å². The summed E-state index contributed by atoms with van der Waals surface area (Å²) in [5.41, 5.74) is 5.49. The number of rotatable bonds is 2. The Morgan fingerprint density at radius 2 is 2.06 bits per heavy atom. The molecule has 0 fully saturated rings. The van der Waals surface area contributed by atoms with Gasteiger partial charge in [0, 0.05) is 22.7 Å². The fourth-order valence-electron chi connectivity index (χ4n) is 1.46. The van der Waals surface area contributed by atoms with E-state index in [4.69, 9.17) is 5.73 Å². The Balaban J connectivity index is 2.38. The maximum Gasteiger partial charge on any atom is 0.416 e. The number of benzene rings is 1. The maximum atomic E-state index is 12.6. The molecule has 0 radical (unpaired) electrons. The van der Waals surface area contributed by atoms with Gasteiger partial charge >= 0.3 is 6.18 Å². The summed E-state index contributed by atoms with van der Waals surface area (Å²) in [6.07, 6.45) is -2.73. The van der Waals surface area contributed by atoms with Crippen LogP contribution < -0.4 is 5.73 Å². The molecule has 2 N–H and O–H groups in total. The Hall–Kier alpha value is -1.40. The minimum absolute atomic E-state index is 0.165. The lowest BCUT2D eigenvalue weighted by atomic mass is 10.1. The van der Waals surface area contributed by atoms with Gasteiger partial charge in [0.05, 0.1) is 5.56 Å². The Morgan fingerprint density at radius 3 is 2.61 bits per heavy atom. The molecule has 0 saturated heterocycles. The molecule has 2 aromatic rings. The predicted octanol–water partition coefficient (Wildman–Crippen LogP) is 3.85. The largest absolute Gasteiger partial charge is 0.416 e. The second kappa shape index (κ2) is 4.70. The fraction of sp³-hybridized carbons (Fsp3) is 0.250. The van der Waals surface area contributed by atoms with Crippen molar-refractivity contribution in [3.8, 4) is 10.6 Å². The van der Waals surface area contributed by atoms with Gasteiger partial charge in [-0.3, -0.25) is 0 Å².